The molecular weight excluding hydrogens is 315 g/mol. The Morgan fingerprint density at radius 1 is 1.48 bits per heavy atom. The van der Waals surface area contributed by atoms with Crippen molar-refractivity contribution in [1.82, 2.24) is 15.2 Å². The lowest BCUT2D eigenvalue weighted by Crippen LogP contribution is -2.40. The van der Waals surface area contributed by atoms with Gasteiger partial charge in [0.25, 0.3) is 0 Å². The van der Waals surface area contributed by atoms with Crippen LogP contribution in [0.2, 0.25) is 0 Å². The number of aliphatic imine (C=N–C) groups is 1. The van der Waals surface area contributed by atoms with Gasteiger partial charge in [-0.25, -0.2) is 9.37 Å². The minimum Gasteiger partial charge on any atom is -0.492 e. The van der Waals surface area contributed by atoms with E-state index < -0.39 is 0 Å². The Hall–Kier alpha value is -2.15. The normalized spacial score (nSPS) is 11.4. The van der Waals surface area contributed by atoms with Crippen LogP contribution < -0.4 is 10.1 Å². The Morgan fingerprint density at radius 3 is 2.96 bits per heavy atom. The molecule has 0 amide bonds. The topological polar surface area (TPSA) is 49.8 Å². The van der Waals surface area contributed by atoms with Crippen LogP contribution in [0, 0.1) is 12.7 Å². The van der Waals surface area contributed by atoms with Crippen LogP contribution in [0.15, 0.2) is 34.6 Å². The Labute approximate surface area is 139 Å². The third kappa shape index (κ3) is 5.52. The average molecular weight is 336 g/mol. The van der Waals surface area contributed by atoms with Gasteiger partial charge in [-0.15, -0.1) is 11.3 Å². The quantitative estimate of drug-likeness (QED) is 0.501. The summed E-state index contributed by atoms with van der Waals surface area (Å²) in [6.45, 7) is 3.68. The number of guanidine groups is 1. The zero-order valence-corrected chi connectivity index (χ0v) is 14.4. The number of thiazole rings is 1. The smallest absolute Gasteiger partial charge is 0.193 e. The lowest BCUT2D eigenvalue weighted by Gasteiger charge is -2.21. The fraction of sp³-hybridized carbons (Fsp3) is 0.375. The lowest BCUT2D eigenvalue weighted by atomic mass is 10.3. The fourth-order valence-electron chi connectivity index (χ4n) is 2.07. The molecule has 0 radical (unpaired) electrons. The maximum Gasteiger partial charge on any atom is 0.193 e. The van der Waals surface area contributed by atoms with Gasteiger partial charge in [-0.05, 0) is 19.1 Å². The largest absolute Gasteiger partial charge is 0.492 e. The first-order valence-electron chi connectivity index (χ1n) is 7.29. The van der Waals surface area contributed by atoms with Crippen LogP contribution in [0.4, 0.5) is 4.39 Å². The number of halogens is 1. The van der Waals surface area contributed by atoms with Gasteiger partial charge in [0.2, 0.25) is 0 Å². The van der Waals surface area contributed by atoms with Crippen molar-refractivity contribution in [2.75, 3.05) is 27.2 Å². The molecule has 2 rings (SSSR count). The zero-order valence-electron chi connectivity index (χ0n) is 13.5. The molecule has 0 bridgehead atoms. The number of benzene rings is 1. The van der Waals surface area contributed by atoms with Crippen LogP contribution in [0.1, 0.15) is 10.7 Å². The van der Waals surface area contributed by atoms with Crippen molar-refractivity contribution in [3.8, 4) is 5.75 Å². The molecule has 0 fully saturated rings. The summed E-state index contributed by atoms with van der Waals surface area (Å²) < 4.78 is 18.5. The van der Waals surface area contributed by atoms with E-state index in [0.29, 0.717) is 25.4 Å². The molecule has 1 aromatic carbocycles. The summed E-state index contributed by atoms with van der Waals surface area (Å²) in [5.41, 5.74) is 1.02. The van der Waals surface area contributed by atoms with Crippen LogP contribution in [0.25, 0.3) is 0 Å². The van der Waals surface area contributed by atoms with Crippen LogP contribution in [-0.4, -0.2) is 43.1 Å². The summed E-state index contributed by atoms with van der Waals surface area (Å²) in [6, 6.07) is 6.11. The second-order valence-corrected chi connectivity index (χ2v) is 6.06. The number of nitrogens with one attached hydrogen (secondary N) is 1. The Balaban J connectivity index is 1.76. The van der Waals surface area contributed by atoms with Crippen LogP contribution in [-0.2, 0) is 6.54 Å². The maximum atomic E-state index is 13.0. The fourth-order valence-corrected chi connectivity index (χ4v) is 2.68. The van der Waals surface area contributed by atoms with Crippen molar-refractivity contribution in [3.63, 3.8) is 0 Å². The number of rotatable bonds is 6. The molecule has 0 aliphatic carbocycles. The molecule has 7 heteroatoms. The molecule has 0 aliphatic rings. The van der Waals surface area contributed by atoms with E-state index in [4.69, 9.17) is 4.74 Å². The highest BCUT2D eigenvalue weighted by Gasteiger charge is 2.08. The molecule has 23 heavy (non-hydrogen) atoms. The Kier molecular flexibility index (Phi) is 6.34. The lowest BCUT2D eigenvalue weighted by molar-refractivity contribution is 0.317. The third-order valence-corrected chi connectivity index (χ3v) is 3.91. The molecule has 2 aromatic rings. The highest BCUT2D eigenvalue weighted by atomic mass is 32.1. The summed E-state index contributed by atoms with van der Waals surface area (Å²) in [7, 11) is 3.69. The molecule has 0 aliphatic heterocycles. The molecule has 0 spiro atoms. The van der Waals surface area contributed by atoms with Crippen molar-refractivity contribution < 1.29 is 9.13 Å². The van der Waals surface area contributed by atoms with E-state index in [-0.39, 0.29) is 5.82 Å². The van der Waals surface area contributed by atoms with Crippen molar-refractivity contribution in [1.29, 1.82) is 0 Å². The van der Waals surface area contributed by atoms with E-state index in [1.165, 1.54) is 12.1 Å². The molecule has 0 saturated carbocycles. The summed E-state index contributed by atoms with van der Waals surface area (Å²) in [4.78, 5) is 10.7. The van der Waals surface area contributed by atoms with Gasteiger partial charge in [-0.2, -0.15) is 0 Å². The summed E-state index contributed by atoms with van der Waals surface area (Å²) >= 11 is 1.64. The third-order valence-electron chi connectivity index (χ3n) is 3.09. The molecule has 124 valence electrons. The zero-order chi connectivity index (χ0) is 16.7. The van der Waals surface area contributed by atoms with Crippen molar-refractivity contribution in [3.05, 3.63) is 46.2 Å². The molecule has 5 nitrogen and oxygen atoms in total. The van der Waals surface area contributed by atoms with Crippen LogP contribution >= 0.6 is 11.3 Å². The van der Waals surface area contributed by atoms with E-state index in [2.05, 4.69) is 15.3 Å². The maximum absolute atomic E-state index is 13.0. The minimum absolute atomic E-state index is 0.301. The van der Waals surface area contributed by atoms with Gasteiger partial charge in [0.15, 0.2) is 5.96 Å². The standard InChI is InChI=1S/C16H21FN4OS/c1-12-20-14(11-23-12)10-21(3)16(18-2)19-7-8-22-15-6-4-5-13(17)9-15/h4-6,9,11H,7-8,10H2,1-3H3,(H,18,19). The predicted molar refractivity (Wildman–Crippen MR) is 91.6 cm³/mol. The second kappa shape index (κ2) is 8.47. The van der Waals surface area contributed by atoms with Gasteiger partial charge < -0.3 is 15.0 Å². The second-order valence-electron chi connectivity index (χ2n) is 4.99. The van der Waals surface area contributed by atoms with E-state index >= 15 is 0 Å². The van der Waals surface area contributed by atoms with Gasteiger partial charge in [0.1, 0.15) is 18.2 Å². The molecule has 1 aromatic heterocycles. The first-order valence-corrected chi connectivity index (χ1v) is 8.17. The highest BCUT2D eigenvalue weighted by molar-refractivity contribution is 7.09. The Morgan fingerprint density at radius 2 is 2.30 bits per heavy atom. The van der Waals surface area contributed by atoms with Crippen molar-refractivity contribution in [2.45, 2.75) is 13.5 Å². The first kappa shape index (κ1) is 17.2. The number of ether oxygens (including phenoxy) is 1. The van der Waals surface area contributed by atoms with Gasteiger partial charge >= 0.3 is 0 Å². The van der Waals surface area contributed by atoms with E-state index in [1.807, 2.05) is 24.3 Å². The van der Waals surface area contributed by atoms with E-state index in [1.54, 1.807) is 30.5 Å². The Bertz CT molecular complexity index is 659. The van der Waals surface area contributed by atoms with Gasteiger partial charge in [0.05, 0.1) is 23.8 Å². The SMILES string of the molecule is CN=C(NCCOc1cccc(F)c1)N(C)Cc1csc(C)n1. The summed E-state index contributed by atoms with van der Waals surface area (Å²) in [5.74, 6) is 0.983. The predicted octanol–water partition coefficient (Wildman–Crippen LogP) is 2.68. The molecule has 0 atom stereocenters. The van der Waals surface area contributed by atoms with Crippen molar-refractivity contribution >= 4 is 17.3 Å². The van der Waals surface area contributed by atoms with Gasteiger partial charge in [0, 0.05) is 25.5 Å². The highest BCUT2D eigenvalue weighted by Crippen LogP contribution is 2.11. The molecule has 0 unspecified atom stereocenters. The summed E-state index contributed by atoms with van der Waals surface area (Å²) in [5, 5.41) is 6.32. The average Bonchev–Trinajstić information content (AvgIpc) is 2.92. The minimum atomic E-state index is -0.301. The number of hydrogen-bond donors (Lipinski definition) is 1. The number of nitrogens with zero attached hydrogens (tertiary/aromatic N) is 3. The van der Waals surface area contributed by atoms with Crippen LogP contribution in [0.5, 0.6) is 5.75 Å². The monoisotopic (exact) mass is 336 g/mol. The number of aromatic nitrogens is 1. The van der Waals surface area contributed by atoms with E-state index in [9.17, 15) is 4.39 Å². The molecule has 1 N–H and O–H groups in total. The first-order chi connectivity index (χ1) is 11.1. The number of aryl methyl sites for hydroxylation is 1. The van der Waals surface area contributed by atoms with Crippen molar-refractivity contribution in [2.24, 2.45) is 4.99 Å². The summed E-state index contributed by atoms with van der Waals surface area (Å²) in [6.07, 6.45) is 0. The molecule has 1 heterocycles. The van der Waals surface area contributed by atoms with Crippen LogP contribution in [0.3, 0.4) is 0 Å². The molecular formula is C16H21FN4OS. The number of hydrogen-bond acceptors (Lipinski definition) is 4. The van der Waals surface area contributed by atoms with E-state index in [0.717, 1.165) is 16.7 Å². The molecule has 0 saturated heterocycles. The van der Waals surface area contributed by atoms with Gasteiger partial charge in [-0.3, -0.25) is 4.99 Å². The van der Waals surface area contributed by atoms with Gasteiger partial charge in [-0.1, -0.05) is 6.07 Å².